The fourth-order valence-corrected chi connectivity index (χ4v) is 6.14. The second-order valence-corrected chi connectivity index (χ2v) is 10.4. The van der Waals surface area contributed by atoms with Crippen molar-refractivity contribution in [1.82, 2.24) is 4.31 Å². The zero-order valence-corrected chi connectivity index (χ0v) is 18.3. The summed E-state index contributed by atoms with van der Waals surface area (Å²) in [6.07, 6.45) is 1.56. The van der Waals surface area contributed by atoms with Crippen LogP contribution >= 0.6 is 0 Å². The van der Waals surface area contributed by atoms with Crippen LogP contribution in [0.15, 0.2) is 47.4 Å². The molecule has 0 radical (unpaired) electrons. The number of nitrogens with zero attached hydrogens (tertiary/aromatic N) is 3. The molecule has 166 valence electrons. The quantitative estimate of drug-likeness (QED) is 0.571. The van der Waals surface area contributed by atoms with Crippen LogP contribution in [0.4, 0.5) is 11.4 Å². The van der Waals surface area contributed by atoms with Crippen molar-refractivity contribution in [2.24, 2.45) is 5.92 Å². The number of anilines is 1. The van der Waals surface area contributed by atoms with Gasteiger partial charge in [-0.1, -0.05) is 31.2 Å². The van der Waals surface area contributed by atoms with Crippen LogP contribution in [0, 0.1) is 16.0 Å². The van der Waals surface area contributed by atoms with E-state index in [0.717, 1.165) is 24.0 Å². The minimum Gasteiger partial charge on any atom is -0.388 e. The highest BCUT2D eigenvalue weighted by Crippen LogP contribution is 2.36. The highest BCUT2D eigenvalue weighted by molar-refractivity contribution is 7.89. The van der Waals surface area contributed by atoms with Crippen LogP contribution in [-0.2, 0) is 16.6 Å². The monoisotopic (exact) mass is 445 g/mol. The topological polar surface area (TPSA) is 104 Å². The molecule has 2 aliphatic heterocycles. The fraction of sp³-hybridized carbons (Fsp3) is 0.455. The summed E-state index contributed by atoms with van der Waals surface area (Å²) in [7, 11) is -3.79. The second kappa shape index (κ2) is 8.57. The van der Waals surface area contributed by atoms with E-state index in [1.807, 2.05) is 36.1 Å². The predicted molar refractivity (Wildman–Crippen MR) is 117 cm³/mol. The third-order valence-corrected chi connectivity index (χ3v) is 8.05. The van der Waals surface area contributed by atoms with E-state index in [-0.39, 0.29) is 16.5 Å². The largest absolute Gasteiger partial charge is 0.388 e. The van der Waals surface area contributed by atoms with E-state index in [2.05, 4.69) is 0 Å². The molecule has 0 saturated carbocycles. The number of benzene rings is 2. The molecule has 0 aromatic heterocycles. The van der Waals surface area contributed by atoms with Crippen molar-refractivity contribution in [3.63, 3.8) is 0 Å². The van der Waals surface area contributed by atoms with E-state index in [1.54, 1.807) is 0 Å². The van der Waals surface area contributed by atoms with Crippen LogP contribution in [0.5, 0.6) is 0 Å². The smallest absolute Gasteiger partial charge is 0.293 e. The highest BCUT2D eigenvalue weighted by Gasteiger charge is 2.32. The number of aliphatic hydroxyl groups is 1. The Balaban J connectivity index is 1.69. The molecule has 4 rings (SSSR count). The van der Waals surface area contributed by atoms with E-state index in [4.69, 9.17) is 0 Å². The van der Waals surface area contributed by atoms with Crippen molar-refractivity contribution in [2.75, 3.05) is 24.5 Å². The van der Waals surface area contributed by atoms with Crippen LogP contribution in [0.25, 0.3) is 0 Å². The maximum absolute atomic E-state index is 13.1. The molecule has 31 heavy (non-hydrogen) atoms. The van der Waals surface area contributed by atoms with Gasteiger partial charge in [-0.2, -0.15) is 4.31 Å². The summed E-state index contributed by atoms with van der Waals surface area (Å²) in [5.74, 6) is 0.265. The van der Waals surface area contributed by atoms with E-state index >= 15 is 0 Å². The molecule has 0 unspecified atom stereocenters. The molecule has 0 spiro atoms. The van der Waals surface area contributed by atoms with E-state index in [9.17, 15) is 23.6 Å². The van der Waals surface area contributed by atoms with Crippen molar-refractivity contribution in [3.05, 3.63) is 63.7 Å². The molecule has 2 aliphatic rings. The van der Waals surface area contributed by atoms with Crippen LogP contribution in [0.1, 0.15) is 43.4 Å². The first-order chi connectivity index (χ1) is 14.8. The molecule has 2 aromatic carbocycles. The molecule has 0 aliphatic carbocycles. The van der Waals surface area contributed by atoms with E-state index < -0.39 is 21.1 Å². The zero-order valence-electron chi connectivity index (χ0n) is 17.5. The standard InChI is InChI=1S/C22H27N3O5S/c1-16-5-4-11-24(14-16)31(29,30)18-8-9-20(21(13-18)25(27)28)23-12-10-22(26)19-7-3-2-6-17(19)15-23/h2-3,6-9,13,16,22,26H,4-5,10-12,14-15H2,1H3/t16-,22+/m1/s1. The van der Waals surface area contributed by atoms with Crippen molar-refractivity contribution in [2.45, 2.75) is 43.7 Å². The summed E-state index contributed by atoms with van der Waals surface area (Å²) in [6.45, 7) is 3.71. The average Bonchev–Trinajstić information content (AvgIpc) is 2.92. The molecular weight excluding hydrogens is 418 g/mol. The van der Waals surface area contributed by atoms with Gasteiger partial charge in [0.25, 0.3) is 5.69 Å². The van der Waals surface area contributed by atoms with Gasteiger partial charge in [-0.15, -0.1) is 0 Å². The molecule has 8 nitrogen and oxygen atoms in total. The Morgan fingerprint density at radius 1 is 1.13 bits per heavy atom. The van der Waals surface area contributed by atoms with Gasteiger partial charge in [0.05, 0.1) is 15.9 Å². The van der Waals surface area contributed by atoms with Gasteiger partial charge in [0, 0.05) is 32.2 Å². The van der Waals surface area contributed by atoms with Crippen molar-refractivity contribution >= 4 is 21.4 Å². The first-order valence-corrected chi connectivity index (χ1v) is 12.0. The predicted octanol–water partition coefficient (Wildman–Crippen LogP) is 3.46. The van der Waals surface area contributed by atoms with Crippen molar-refractivity contribution < 1.29 is 18.4 Å². The van der Waals surface area contributed by atoms with Gasteiger partial charge in [0.2, 0.25) is 10.0 Å². The molecule has 2 aromatic rings. The number of hydrogen-bond donors (Lipinski definition) is 1. The molecule has 0 bridgehead atoms. The van der Waals surface area contributed by atoms with Gasteiger partial charge in [-0.05, 0) is 48.4 Å². The number of sulfonamides is 1. The summed E-state index contributed by atoms with van der Waals surface area (Å²) in [4.78, 5) is 13.2. The van der Waals surface area contributed by atoms with Crippen LogP contribution in [0.2, 0.25) is 0 Å². The molecule has 2 atom stereocenters. The van der Waals surface area contributed by atoms with Crippen LogP contribution < -0.4 is 4.90 Å². The SMILES string of the molecule is C[C@@H]1CCCN(S(=O)(=O)c2ccc(N3CC[C@H](O)c4ccccc4C3)c([N+](=O)[O-])c2)C1. The van der Waals surface area contributed by atoms with Crippen molar-refractivity contribution in [3.8, 4) is 0 Å². The number of fused-ring (bicyclic) bond motifs is 1. The third-order valence-electron chi connectivity index (χ3n) is 6.19. The minimum absolute atomic E-state index is 0.0488. The molecule has 1 fully saturated rings. The third kappa shape index (κ3) is 4.30. The number of piperidine rings is 1. The lowest BCUT2D eigenvalue weighted by atomic mass is 10.0. The summed E-state index contributed by atoms with van der Waals surface area (Å²) >= 11 is 0. The molecular formula is C22H27N3O5S. The first kappa shape index (κ1) is 21.7. The van der Waals surface area contributed by atoms with Gasteiger partial charge in [0.1, 0.15) is 5.69 Å². The van der Waals surface area contributed by atoms with Gasteiger partial charge in [0.15, 0.2) is 0 Å². The van der Waals surface area contributed by atoms with Crippen LogP contribution in [0.3, 0.4) is 0 Å². The number of hydrogen-bond acceptors (Lipinski definition) is 6. The Hall–Kier alpha value is -2.49. The maximum atomic E-state index is 13.1. The number of aliphatic hydroxyl groups excluding tert-OH is 1. The summed E-state index contributed by atoms with van der Waals surface area (Å²) < 4.78 is 27.7. The lowest BCUT2D eigenvalue weighted by Gasteiger charge is -2.30. The molecule has 1 saturated heterocycles. The Morgan fingerprint density at radius 3 is 2.65 bits per heavy atom. The first-order valence-electron chi connectivity index (χ1n) is 10.6. The lowest BCUT2D eigenvalue weighted by Crippen LogP contribution is -2.39. The maximum Gasteiger partial charge on any atom is 0.293 e. The zero-order chi connectivity index (χ0) is 22.2. The summed E-state index contributed by atoms with van der Waals surface area (Å²) in [5, 5.41) is 22.3. The number of rotatable bonds is 4. The molecule has 1 N–H and O–H groups in total. The van der Waals surface area contributed by atoms with Gasteiger partial charge in [-0.25, -0.2) is 8.42 Å². The molecule has 9 heteroatoms. The van der Waals surface area contributed by atoms with Gasteiger partial charge in [-0.3, -0.25) is 10.1 Å². The Kier molecular flexibility index (Phi) is 6.00. The fourth-order valence-electron chi connectivity index (χ4n) is 4.52. The molecule has 2 heterocycles. The Labute approximate surface area is 182 Å². The van der Waals surface area contributed by atoms with Crippen LogP contribution in [-0.4, -0.2) is 42.4 Å². The minimum atomic E-state index is -3.79. The Bertz CT molecular complexity index is 1090. The number of nitro groups is 1. The summed E-state index contributed by atoms with van der Waals surface area (Å²) in [5.41, 5.74) is 1.85. The highest BCUT2D eigenvalue weighted by atomic mass is 32.2. The van der Waals surface area contributed by atoms with Crippen molar-refractivity contribution in [1.29, 1.82) is 0 Å². The normalized spacial score (nSPS) is 22.6. The Morgan fingerprint density at radius 2 is 1.90 bits per heavy atom. The van der Waals surface area contributed by atoms with E-state index in [1.165, 1.54) is 22.5 Å². The number of nitro benzene ring substituents is 1. The molecule has 0 amide bonds. The second-order valence-electron chi connectivity index (χ2n) is 8.44. The average molecular weight is 446 g/mol. The van der Waals surface area contributed by atoms with Gasteiger partial charge < -0.3 is 10.0 Å². The lowest BCUT2D eigenvalue weighted by molar-refractivity contribution is -0.384. The van der Waals surface area contributed by atoms with E-state index in [0.29, 0.717) is 38.3 Å². The summed E-state index contributed by atoms with van der Waals surface area (Å²) in [6, 6.07) is 11.7. The van der Waals surface area contributed by atoms with Gasteiger partial charge >= 0.3 is 0 Å².